The lowest BCUT2D eigenvalue weighted by atomic mass is 9.96. The van der Waals surface area contributed by atoms with Gasteiger partial charge in [-0.05, 0) is 45.7 Å². The number of carbonyl (C=O) groups excluding carboxylic acids is 1. The van der Waals surface area contributed by atoms with Gasteiger partial charge in [0.15, 0.2) is 5.78 Å². The van der Waals surface area contributed by atoms with Crippen molar-refractivity contribution >= 4 is 5.78 Å². The Balaban J connectivity index is 2.42. The van der Waals surface area contributed by atoms with Crippen molar-refractivity contribution in [2.45, 2.75) is 41.2 Å². The van der Waals surface area contributed by atoms with Crippen molar-refractivity contribution in [1.29, 1.82) is 0 Å². The summed E-state index contributed by atoms with van der Waals surface area (Å²) in [5.74, 6) is 0.511. The standard InChI is InChI=1S/C17H20N2O2/c1-10-6-11(2)17(12(3)7-10)15(20)9-19-14(5)18-13(4)8-16(19)21/h6-8H,9H2,1-5H3. The number of carbonyl (C=O) groups is 1. The lowest BCUT2D eigenvalue weighted by molar-refractivity contribution is 0.0968. The molecular formula is C17H20N2O2. The molecule has 4 nitrogen and oxygen atoms in total. The van der Waals surface area contributed by atoms with Crippen LogP contribution in [0.2, 0.25) is 0 Å². The van der Waals surface area contributed by atoms with Gasteiger partial charge in [0.05, 0.1) is 6.54 Å². The van der Waals surface area contributed by atoms with Crippen LogP contribution in [-0.2, 0) is 6.54 Å². The van der Waals surface area contributed by atoms with Gasteiger partial charge < -0.3 is 0 Å². The maximum atomic E-state index is 12.6. The highest BCUT2D eigenvalue weighted by Crippen LogP contribution is 2.17. The first-order chi connectivity index (χ1) is 9.79. The summed E-state index contributed by atoms with van der Waals surface area (Å²) in [6.07, 6.45) is 0. The van der Waals surface area contributed by atoms with Crippen LogP contribution >= 0.6 is 0 Å². The summed E-state index contributed by atoms with van der Waals surface area (Å²) in [5.41, 5.74) is 4.21. The Kier molecular flexibility index (Phi) is 4.07. The van der Waals surface area contributed by atoms with Crippen molar-refractivity contribution in [3.05, 3.63) is 62.3 Å². The van der Waals surface area contributed by atoms with Gasteiger partial charge in [-0.2, -0.15) is 0 Å². The summed E-state index contributed by atoms with van der Waals surface area (Å²) in [5, 5.41) is 0. The molecule has 4 heteroatoms. The van der Waals surface area contributed by atoms with Gasteiger partial charge >= 0.3 is 0 Å². The summed E-state index contributed by atoms with van der Waals surface area (Å²) in [7, 11) is 0. The molecule has 1 aromatic carbocycles. The van der Waals surface area contributed by atoms with E-state index in [2.05, 4.69) is 4.98 Å². The predicted octanol–water partition coefficient (Wildman–Crippen LogP) is 2.67. The number of nitrogens with zero attached hydrogens (tertiary/aromatic N) is 2. The van der Waals surface area contributed by atoms with E-state index in [1.165, 1.54) is 10.6 Å². The fourth-order valence-corrected chi connectivity index (χ4v) is 2.80. The molecule has 0 aliphatic heterocycles. The highest BCUT2D eigenvalue weighted by atomic mass is 16.1. The second kappa shape index (κ2) is 5.64. The minimum absolute atomic E-state index is 0.0304. The third-order valence-corrected chi connectivity index (χ3v) is 3.58. The molecule has 0 saturated carbocycles. The molecule has 0 atom stereocenters. The molecule has 1 heterocycles. The first-order valence-electron chi connectivity index (χ1n) is 6.95. The number of rotatable bonds is 3. The number of aryl methyl sites for hydroxylation is 5. The number of ketones is 1. The molecule has 0 radical (unpaired) electrons. The maximum absolute atomic E-state index is 12.6. The topological polar surface area (TPSA) is 52.0 Å². The quantitative estimate of drug-likeness (QED) is 0.814. The first-order valence-corrected chi connectivity index (χ1v) is 6.95. The molecule has 0 spiro atoms. The fraction of sp³-hybridized carbons (Fsp3) is 0.353. The van der Waals surface area contributed by atoms with Crippen LogP contribution in [0.4, 0.5) is 0 Å². The Hall–Kier alpha value is -2.23. The lowest BCUT2D eigenvalue weighted by Crippen LogP contribution is -2.27. The Morgan fingerprint density at radius 3 is 2.14 bits per heavy atom. The van der Waals surface area contributed by atoms with Crippen molar-refractivity contribution in [3.8, 4) is 0 Å². The van der Waals surface area contributed by atoms with Crippen LogP contribution in [0.3, 0.4) is 0 Å². The van der Waals surface area contributed by atoms with E-state index in [0.29, 0.717) is 17.1 Å². The third-order valence-electron chi connectivity index (χ3n) is 3.58. The van der Waals surface area contributed by atoms with Crippen molar-refractivity contribution in [2.75, 3.05) is 0 Å². The molecule has 110 valence electrons. The Morgan fingerprint density at radius 1 is 1.05 bits per heavy atom. The largest absolute Gasteiger partial charge is 0.292 e. The van der Waals surface area contributed by atoms with Gasteiger partial charge in [0.1, 0.15) is 5.82 Å². The third kappa shape index (κ3) is 3.10. The number of hydrogen-bond acceptors (Lipinski definition) is 3. The van der Waals surface area contributed by atoms with Crippen molar-refractivity contribution in [2.24, 2.45) is 0 Å². The van der Waals surface area contributed by atoms with Gasteiger partial charge in [-0.3, -0.25) is 14.2 Å². The molecule has 2 rings (SSSR count). The SMILES string of the molecule is Cc1cc(C)c(C(=O)Cn2c(C)nc(C)cc2=O)c(C)c1. The molecule has 0 aliphatic carbocycles. The average Bonchev–Trinajstić information content (AvgIpc) is 2.32. The Morgan fingerprint density at radius 2 is 1.62 bits per heavy atom. The Labute approximate surface area is 124 Å². The second-order valence-corrected chi connectivity index (χ2v) is 5.57. The smallest absolute Gasteiger partial charge is 0.254 e. The summed E-state index contributed by atoms with van der Waals surface area (Å²) in [4.78, 5) is 28.8. The van der Waals surface area contributed by atoms with Crippen LogP contribution in [0.25, 0.3) is 0 Å². The second-order valence-electron chi connectivity index (χ2n) is 5.57. The van der Waals surface area contributed by atoms with Crippen LogP contribution in [0, 0.1) is 34.6 Å². The number of benzene rings is 1. The van der Waals surface area contributed by atoms with Crippen LogP contribution < -0.4 is 5.56 Å². The van der Waals surface area contributed by atoms with Gasteiger partial charge in [0.25, 0.3) is 5.56 Å². The summed E-state index contributed by atoms with van der Waals surface area (Å²) >= 11 is 0. The zero-order valence-electron chi connectivity index (χ0n) is 13.2. The molecule has 0 unspecified atom stereocenters. The minimum Gasteiger partial charge on any atom is -0.292 e. The monoisotopic (exact) mass is 284 g/mol. The molecule has 21 heavy (non-hydrogen) atoms. The fourth-order valence-electron chi connectivity index (χ4n) is 2.80. The van der Waals surface area contributed by atoms with E-state index in [0.717, 1.165) is 16.7 Å². The highest BCUT2D eigenvalue weighted by Gasteiger charge is 2.15. The Bertz CT molecular complexity index is 750. The molecular weight excluding hydrogens is 264 g/mol. The van der Waals surface area contributed by atoms with Gasteiger partial charge in [-0.1, -0.05) is 17.7 Å². The van der Waals surface area contributed by atoms with Crippen LogP contribution in [0.5, 0.6) is 0 Å². The summed E-state index contributed by atoms with van der Waals surface area (Å²) in [6, 6.07) is 5.43. The van der Waals surface area contributed by atoms with Crippen molar-refractivity contribution in [1.82, 2.24) is 9.55 Å². The van der Waals surface area contributed by atoms with Crippen molar-refractivity contribution < 1.29 is 4.79 Å². The molecule has 0 amide bonds. The molecule has 2 aromatic rings. The van der Waals surface area contributed by atoms with Gasteiger partial charge in [0, 0.05) is 17.3 Å². The molecule has 0 N–H and O–H groups in total. The van der Waals surface area contributed by atoms with Gasteiger partial charge in [-0.15, -0.1) is 0 Å². The van der Waals surface area contributed by atoms with E-state index in [1.54, 1.807) is 13.8 Å². The highest BCUT2D eigenvalue weighted by molar-refractivity contribution is 5.98. The number of Topliss-reactive ketones (excluding diaryl/α,β-unsaturated/α-hetero) is 1. The summed E-state index contributed by atoms with van der Waals surface area (Å²) in [6.45, 7) is 9.41. The van der Waals surface area contributed by atoms with Crippen molar-refractivity contribution in [3.63, 3.8) is 0 Å². The molecule has 0 fully saturated rings. The van der Waals surface area contributed by atoms with E-state index in [9.17, 15) is 9.59 Å². The molecule has 1 aromatic heterocycles. The van der Waals surface area contributed by atoms with Crippen LogP contribution in [-0.4, -0.2) is 15.3 Å². The number of hydrogen-bond donors (Lipinski definition) is 0. The zero-order valence-corrected chi connectivity index (χ0v) is 13.2. The predicted molar refractivity (Wildman–Crippen MR) is 83.0 cm³/mol. The van der Waals surface area contributed by atoms with Gasteiger partial charge in [-0.25, -0.2) is 4.98 Å². The molecule has 0 bridgehead atoms. The van der Waals surface area contributed by atoms with Crippen LogP contribution in [0.1, 0.15) is 38.6 Å². The maximum Gasteiger partial charge on any atom is 0.254 e. The molecule has 0 saturated heterocycles. The first kappa shape index (κ1) is 15.2. The van der Waals surface area contributed by atoms with E-state index < -0.39 is 0 Å². The van der Waals surface area contributed by atoms with E-state index >= 15 is 0 Å². The van der Waals surface area contributed by atoms with E-state index in [-0.39, 0.29) is 17.9 Å². The van der Waals surface area contributed by atoms with E-state index in [4.69, 9.17) is 0 Å². The zero-order chi connectivity index (χ0) is 15.7. The summed E-state index contributed by atoms with van der Waals surface area (Å²) < 4.78 is 1.42. The molecule has 0 aliphatic rings. The van der Waals surface area contributed by atoms with E-state index in [1.807, 2.05) is 32.9 Å². The number of aromatic nitrogens is 2. The van der Waals surface area contributed by atoms with Gasteiger partial charge in [0.2, 0.25) is 0 Å². The lowest BCUT2D eigenvalue weighted by Gasteiger charge is -2.13. The normalized spacial score (nSPS) is 10.7. The average molecular weight is 284 g/mol. The minimum atomic E-state index is -0.184. The van der Waals surface area contributed by atoms with Crippen LogP contribution in [0.15, 0.2) is 23.0 Å².